The number of nitrogens with one attached hydrogen (secondary N) is 1. The molecule has 0 saturated carbocycles. The van der Waals surface area contributed by atoms with Crippen LogP contribution in [0.1, 0.15) is 31.7 Å². The Morgan fingerprint density at radius 1 is 1.07 bits per heavy atom. The van der Waals surface area contributed by atoms with Crippen molar-refractivity contribution in [3.63, 3.8) is 0 Å². The van der Waals surface area contributed by atoms with E-state index in [1.165, 1.54) is 31.2 Å². The summed E-state index contributed by atoms with van der Waals surface area (Å²) in [7, 11) is 0. The first-order valence-electron chi connectivity index (χ1n) is 8.90. The number of benzene rings is 2. The van der Waals surface area contributed by atoms with Gasteiger partial charge in [0.2, 0.25) is 0 Å². The second-order valence-corrected chi connectivity index (χ2v) is 6.14. The third kappa shape index (κ3) is 6.73. The molecule has 2 aromatic rings. The third-order valence-electron chi connectivity index (χ3n) is 4.13. The van der Waals surface area contributed by atoms with Crippen LogP contribution < -0.4 is 10.1 Å². The highest BCUT2D eigenvalue weighted by molar-refractivity contribution is 5.83. The van der Waals surface area contributed by atoms with Gasteiger partial charge in [-0.05, 0) is 43.2 Å². The smallest absolute Gasteiger partial charge is 0.344 e. The summed E-state index contributed by atoms with van der Waals surface area (Å²) < 4.78 is 23.1. The molecule has 0 unspecified atom stereocenters. The van der Waals surface area contributed by atoms with E-state index in [-0.39, 0.29) is 18.4 Å². The number of hydrogen-bond donors (Lipinski definition) is 1. The molecule has 0 aliphatic heterocycles. The van der Waals surface area contributed by atoms with Crippen LogP contribution in [0.15, 0.2) is 54.6 Å². The summed E-state index contributed by atoms with van der Waals surface area (Å²) in [5, 5.41) is 2.82. The highest BCUT2D eigenvalue weighted by atomic mass is 19.1. The fourth-order valence-corrected chi connectivity index (χ4v) is 2.55. The summed E-state index contributed by atoms with van der Waals surface area (Å²) in [4.78, 5) is 24.0. The molecule has 0 heterocycles. The molecule has 0 aliphatic carbocycles. The van der Waals surface area contributed by atoms with Gasteiger partial charge in [0, 0.05) is 12.5 Å². The Morgan fingerprint density at radius 3 is 2.37 bits per heavy atom. The van der Waals surface area contributed by atoms with Gasteiger partial charge in [-0.1, -0.05) is 37.3 Å². The van der Waals surface area contributed by atoms with Crippen molar-refractivity contribution in [2.24, 2.45) is 0 Å². The second-order valence-electron chi connectivity index (χ2n) is 6.14. The number of carbonyl (C=O) groups excluding carboxylic acids is 2. The molecule has 27 heavy (non-hydrogen) atoms. The quantitative estimate of drug-likeness (QED) is 0.684. The number of ether oxygens (including phenoxy) is 2. The standard InChI is InChI=1S/C21H24FNO4/c1-3-16(17-7-5-4-6-8-17)13-23-21(25)15(2)27-20(24)14-26-19-11-9-18(22)10-12-19/h4-12,15-16H,3,13-14H2,1-2H3,(H,23,25)/t15-,16+/m1/s1. The maximum Gasteiger partial charge on any atom is 0.344 e. The average Bonchev–Trinajstić information content (AvgIpc) is 2.68. The molecule has 0 aliphatic rings. The van der Waals surface area contributed by atoms with Gasteiger partial charge in [0.25, 0.3) is 5.91 Å². The lowest BCUT2D eigenvalue weighted by Crippen LogP contribution is -2.38. The van der Waals surface area contributed by atoms with Gasteiger partial charge in [-0.3, -0.25) is 4.79 Å². The van der Waals surface area contributed by atoms with E-state index in [0.29, 0.717) is 12.3 Å². The molecule has 5 nitrogen and oxygen atoms in total. The molecule has 0 bridgehead atoms. The molecule has 0 spiro atoms. The maximum absolute atomic E-state index is 12.8. The summed E-state index contributed by atoms with van der Waals surface area (Å²) in [5.74, 6) is -0.883. The van der Waals surface area contributed by atoms with E-state index in [1.54, 1.807) is 0 Å². The highest BCUT2D eigenvalue weighted by Crippen LogP contribution is 2.18. The number of halogens is 1. The molecule has 2 rings (SSSR count). The van der Waals surface area contributed by atoms with Crippen molar-refractivity contribution in [3.05, 3.63) is 66.0 Å². The van der Waals surface area contributed by atoms with Crippen molar-refractivity contribution >= 4 is 11.9 Å². The van der Waals surface area contributed by atoms with Crippen molar-refractivity contribution in [1.29, 1.82) is 0 Å². The Morgan fingerprint density at radius 2 is 1.74 bits per heavy atom. The Hall–Kier alpha value is -2.89. The molecule has 2 aromatic carbocycles. The lowest BCUT2D eigenvalue weighted by Gasteiger charge is -2.18. The Balaban J connectivity index is 1.75. The van der Waals surface area contributed by atoms with E-state index in [1.807, 2.05) is 30.3 Å². The van der Waals surface area contributed by atoms with Crippen LogP contribution >= 0.6 is 0 Å². The molecular weight excluding hydrogens is 349 g/mol. The Kier molecular flexibility index (Phi) is 7.79. The van der Waals surface area contributed by atoms with Crippen LogP contribution in [-0.2, 0) is 14.3 Å². The normalized spacial score (nSPS) is 12.7. The molecule has 0 saturated heterocycles. The molecule has 144 valence electrons. The van der Waals surface area contributed by atoms with E-state index in [2.05, 4.69) is 12.2 Å². The number of rotatable bonds is 9. The fraction of sp³-hybridized carbons (Fsp3) is 0.333. The van der Waals surface area contributed by atoms with Crippen molar-refractivity contribution < 1.29 is 23.5 Å². The van der Waals surface area contributed by atoms with Crippen LogP contribution in [-0.4, -0.2) is 31.1 Å². The summed E-state index contributed by atoms with van der Waals surface area (Å²) >= 11 is 0. The van der Waals surface area contributed by atoms with Gasteiger partial charge >= 0.3 is 5.97 Å². The lowest BCUT2D eigenvalue weighted by molar-refractivity contribution is -0.156. The zero-order chi connectivity index (χ0) is 19.6. The second kappa shape index (κ2) is 10.3. The number of carbonyl (C=O) groups is 2. The van der Waals surface area contributed by atoms with Gasteiger partial charge in [-0.25, -0.2) is 9.18 Å². The van der Waals surface area contributed by atoms with Crippen molar-refractivity contribution in [2.75, 3.05) is 13.2 Å². The minimum atomic E-state index is -0.928. The SMILES string of the molecule is CC[C@@H](CNC(=O)[C@@H](C)OC(=O)COc1ccc(F)cc1)c1ccccc1. The summed E-state index contributed by atoms with van der Waals surface area (Å²) in [6.45, 7) is 3.67. The van der Waals surface area contributed by atoms with E-state index >= 15 is 0 Å². The lowest BCUT2D eigenvalue weighted by atomic mass is 9.96. The monoisotopic (exact) mass is 373 g/mol. The van der Waals surface area contributed by atoms with Gasteiger partial charge in [-0.2, -0.15) is 0 Å². The average molecular weight is 373 g/mol. The Bertz CT molecular complexity index is 734. The van der Waals surface area contributed by atoms with Gasteiger partial charge in [0.1, 0.15) is 11.6 Å². The van der Waals surface area contributed by atoms with Gasteiger partial charge in [0.15, 0.2) is 12.7 Å². The van der Waals surface area contributed by atoms with Crippen LogP contribution in [0.25, 0.3) is 0 Å². The highest BCUT2D eigenvalue weighted by Gasteiger charge is 2.19. The molecule has 0 fully saturated rings. The zero-order valence-corrected chi connectivity index (χ0v) is 15.5. The molecular formula is C21H24FNO4. The summed E-state index contributed by atoms with van der Waals surface area (Å²) in [5.41, 5.74) is 1.15. The Labute approximate surface area is 158 Å². The first-order chi connectivity index (χ1) is 13.0. The number of hydrogen-bond acceptors (Lipinski definition) is 4. The minimum Gasteiger partial charge on any atom is -0.482 e. The number of esters is 1. The van der Waals surface area contributed by atoms with Crippen LogP contribution in [0.5, 0.6) is 5.75 Å². The molecule has 0 aromatic heterocycles. The molecule has 2 atom stereocenters. The van der Waals surface area contributed by atoms with Gasteiger partial charge < -0.3 is 14.8 Å². The third-order valence-corrected chi connectivity index (χ3v) is 4.13. The van der Waals surface area contributed by atoms with Crippen LogP contribution in [0, 0.1) is 5.82 Å². The largest absolute Gasteiger partial charge is 0.482 e. The summed E-state index contributed by atoms with van der Waals surface area (Å²) in [6.07, 6.45) is -0.0492. The van der Waals surface area contributed by atoms with E-state index in [0.717, 1.165) is 12.0 Å². The van der Waals surface area contributed by atoms with Gasteiger partial charge in [-0.15, -0.1) is 0 Å². The van der Waals surface area contributed by atoms with Crippen LogP contribution in [0.4, 0.5) is 4.39 Å². The first kappa shape index (κ1) is 20.4. The number of amides is 1. The molecule has 6 heteroatoms. The van der Waals surface area contributed by atoms with E-state index < -0.39 is 17.9 Å². The van der Waals surface area contributed by atoms with Crippen LogP contribution in [0.2, 0.25) is 0 Å². The minimum absolute atomic E-state index is 0.194. The van der Waals surface area contributed by atoms with E-state index in [4.69, 9.17) is 9.47 Å². The first-order valence-corrected chi connectivity index (χ1v) is 8.90. The predicted octanol–water partition coefficient (Wildman–Crippen LogP) is 3.45. The predicted molar refractivity (Wildman–Crippen MR) is 99.9 cm³/mol. The molecule has 1 N–H and O–H groups in total. The van der Waals surface area contributed by atoms with Crippen molar-refractivity contribution in [1.82, 2.24) is 5.32 Å². The van der Waals surface area contributed by atoms with E-state index in [9.17, 15) is 14.0 Å². The molecule has 1 amide bonds. The maximum atomic E-state index is 12.8. The molecule has 0 radical (unpaired) electrons. The van der Waals surface area contributed by atoms with Gasteiger partial charge in [0.05, 0.1) is 0 Å². The topological polar surface area (TPSA) is 64.6 Å². The summed E-state index contributed by atoms with van der Waals surface area (Å²) in [6, 6.07) is 15.2. The van der Waals surface area contributed by atoms with Crippen molar-refractivity contribution in [2.45, 2.75) is 32.3 Å². The fourth-order valence-electron chi connectivity index (χ4n) is 2.55. The van der Waals surface area contributed by atoms with Crippen LogP contribution in [0.3, 0.4) is 0 Å². The zero-order valence-electron chi connectivity index (χ0n) is 15.5. The van der Waals surface area contributed by atoms with Crippen molar-refractivity contribution in [3.8, 4) is 5.75 Å².